The highest BCUT2D eigenvalue weighted by molar-refractivity contribution is 5.90. The lowest BCUT2D eigenvalue weighted by Crippen LogP contribution is -2.16. The van der Waals surface area contributed by atoms with E-state index < -0.39 is 23.9 Å². The normalized spacial score (nSPS) is 19.3. The summed E-state index contributed by atoms with van der Waals surface area (Å²) in [6.07, 6.45) is 0.399. The van der Waals surface area contributed by atoms with Gasteiger partial charge in [0.05, 0.1) is 0 Å². The van der Waals surface area contributed by atoms with Crippen molar-refractivity contribution in [1.82, 2.24) is 0 Å². The standard InChI is InChI=1S/C11H8F2O3/c1-6-4-10(16-11(6)14)15-9-5-7(12)2-3-8(9)13/h2-5,10H,1H3. The van der Waals surface area contributed by atoms with Crippen LogP contribution in [0.3, 0.4) is 0 Å². The summed E-state index contributed by atoms with van der Waals surface area (Å²) >= 11 is 0. The number of esters is 1. The summed E-state index contributed by atoms with van der Waals surface area (Å²) in [6, 6.07) is 2.81. The van der Waals surface area contributed by atoms with Crippen molar-refractivity contribution in [1.29, 1.82) is 0 Å². The highest BCUT2D eigenvalue weighted by Crippen LogP contribution is 2.22. The first-order chi connectivity index (χ1) is 7.56. The number of cyclic esters (lactones) is 1. The summed E-state index contributed by atoms with van der Waals surface area (Å²) in [6.45, 7) is 1.55. The molecule has 84 valence electrons. The van der Waals surface area contributed by atoms with Gasteiger partial charge in [0.15, 0.2) is 11.6 Å². The third kappa shape index (κ3) is 2.03. The van der Waals surface area contributed by atoms with Crippen molar-refractivity contribution in [3.63, 3.8) is 0 Å². The second-order valence-electron chi connectivity index (χ2n) is 3.32. The molecule has 16 heavy (non-hydrogen) atoms. The van der Waals surface area contributed by atoms with Crippen LogP contribution in [0.2, 0.25) is 0 Å². The van der Waals surface area contributed by atoms with E-state index in [0.717, 1.165) is 18.2 Å². The fourth-order valence-electron chi connectivity index (χ4n) is 1.26. The predicted molar refractivity (Wildman–Crippen MR) is 50.6 cm³/mol. The van der Waals surface area contributed by atoms with E-state index in [1.54, 1.807) is 6.92 Å². The molecule has 0 fully saturated rings. The number of carbonyl (C=O) groups excluding carboxylic acids is 1. The van der Waals surface area contributed by atoms with Crippen molar-refractivity contribution in [2.45, 2.75) is 13.2 Å². The molecule has 0 aliphatic carbocycles. The zero-order valence-electron chi connectivity index (χ0n) is 8.37. The van der Waals surface area contributed by atoms with E-state index in [4.69, 9.17) is 9.47 Å². The van der Waals surface area contributed by atoms with Gasteiger partial charge in [0.1, 0.15) is 5.82 Å². The summed E-state index contributed by atoms with van der Waals surface area (Å²) < 4.78 is 35.7. The van der Waals surface area contributed by atoms with E-state index in [1.165, 1.54) is 6.08 Å². The van der Waals surface area contributed by atoms with Gasteiger partial charge < -0.3 is 9.47 Å². The van der Waals surface area contributed by atoms with Gasteiger partial charge in [-0.2, -0.15) is 0 Å². The Hall–Kier alpha value is -1.91. The van der Waals surface area contributed by atoms with Gasteiger partial charge in [0.2, 0.25) is 0 Å². The van der Waals surface area contributed by atoms with Gasteiger partial charge in [-0.15, -0.1) is 0 Å². The molecule has 0 spiro atoms. The summed E-state index contributed by atoms with van der Waals surface area (Å²) in [5, 5.41) is 0. The number of benzene rings is 1. The molecule has 0 aromatic heterocycles. The maximum absolute atomic E-state index is 13.2. The monoisotopic (exact) mass is 226 g/mol. The summed E-state index contributed by atoms with van der Waals surface area (Å²) in [5.74, 6) is -2.15. The molecule has 1 atom stereocenters. The van der Waals surface area contributed by atoms with Crippen LogP contribution in [0.5, 0.6) is 5.75 Å². The number of hydrogen-bond acceptors (Lipinski definition) is 3. The highest BCUT2D eigenvalue weighted by Gasteiger charge is 2.24. The van der Waals surface area contributed by atoms with Crippen LogP contribution in [-0.4, -0.2) is 12.3 Å². The minimum atomic E-state index is -0.996. The first-order valence-corrected chi connectivity index (χ1v) is 4.57. The van der Waals surface area contributed by atoms with Crippen LogP contribution in [0.4, 0.5) is 8.78 Å². The molecular weight excluding hydrogens is 218 g/mol. The quantitative estimate of drug-likeness (QED) is 0.725. The van der Waals surface area contributed by atoms with Crippen LogP contribution >= 0.6 is 0 Å². The molecule has 0 bridgehead atoms. The second-order valence-corrected chi connectivity index (χ2v) is 3.32. The minimum absolute atomic E-state index is 0.288. The van der Waals surface area contributed by atoms with Crippen LogP contribution in [0, 0.1) is 11.6 Å². The lowest BCUT2D eigenvalue weighted by Gasteiger charge is -2.11. The van der Waals surface area contributed by atoms with Crippen LogP contribution in [0.15, 0.2) is 29.8 Å². The second kappa shape index (κ2) is 3.92. The number of halogens is 2. The molecule has 0 amide bonds. The Bertz CT molecular complexity index is 468. The average molecular weight is 226 g/mol. The van der Waals surface area contributed by atoms with Gasteiger partial charge >= 0.3 is 5.97 Å². The Morgan fingerprint density at radius 1 is 1.38 bits per heavy atom. The van der Waals surface area contributed by atoms with Crippen molar-refractivity contribution in [2.75, 3.05) is 0 Å². The van der Waals surface area contributed by atoms with Gasteiger partial charge in [0.25, 0.3) is 6.29 Å². The van der Waals surface area contributed by atoms with E-state index >= 15 is 0 Å². The molecule has 1 aromatic rings. The number of ether oxygens (including phenoxy) is 2. The third-order valence-electron chi connectivity index (χ3n) is 2.07. The third-order valence-corrected chi connectivity index (χ3v) is 2.07. The maximum Gasteiger partial charge on any atom is 0.336 e. The van der Waals surface area contributed by atoms with Crippen LogP contribution in [0.1, 0.15) is 6.92 Å². The van der Waals surface area contributed by atoms with Crippen LogP contribution in [0.25, 0.3) is 0 Å². The van der Waals surface area contributed by atoms with Crippen molar-refractivity contribution >= 4 is 5.97 Å². The maximum atomic E-state index is 13.2. The smallest absolute Gasteiger partial charge is 0.336 e. The largest absolute Gasteiger partial charge is 0.448 e. The zero-order chi connectivity index (χ0) is 11.7. The van der Waals surface area contributed by atoms with Crippen molar-refractivity contribution in [2.24, 2.45) is 0 Å². The summed E-state index contributed by atoms with van der Waals surface area (Å²) in [5.41, 5.74) is 0.377. The molecule has 0 saturated heterocycles. The number of carbonyl (C=O) groups is 1. The molecule has 3 nitrogen and oxygen atoms in total. The van der Waals surface area contributed by atoms with E-state index in [2.05, 4.69) is 0 Å². The molecule has 5 heteroatoms. The molecule has 1 aromatic carbocycles. The Morgan fingerprint density at radius 3 is 2.75 bits per heavy atom. The van der Waals surface area contributed by atoms with Gasteiger partial charge in [0, 0.05) is 17.7 Å². The van der Waals surface area contributed by atoms with Crippen molar-refractivity contribution in [3.05, 3.63) is 41.5 Å². The molecule has 0 radical (unpaired) electrons. The SMILES string of the molecule is CC1=CC(Oc2cc(F)ccc2F)OC1=O. The fraction of sp³-hybridized carbons (Fsp3) is 0.182. The Morgan fingerprint density at radius 2 is 2.12 bits per heavy atom. The number of rotatable bonds is 2. The zero-order valence-corrected chi connectivity index (χ0v) is 8.37. The number of hydrogen-bond donors (Lipinski definition) is 0. The van der Waals surface area contributed by atoms with E-state index in [1.807, 2.05) is 0 Å². The molecule has 1 heterocycles. The molecule has 1 unspecified atom stereocenters. The van der Waals surface area contributed by atoms with Gasteiger partial charge in [-0.05, 0) is 19.1 Å². The molecule has 0 saturated carbocycles. The molecule has 1 aliphatic heterocycles. The topological polar surface area (TPSA) is 35.5 Å². The Labute approximate surface area is 90.3 Å². The molecule has 2 rings (SSSR count). The van der Waals surface area contributed by atoms with Crippen molar-refractivity contribution in [3.8, 4) is 5.75 Å². The van der Waals surface area contributed by atoms with Crippen molar-refractivity contribution < 1.29 is 23.0 Å². The lowest BCUT2D eigenvalue weighted by atomic mass is 10.3. The minimum Gasteiger partial charge on any atom is -0.448 e. The summed E-state index contributed by atoms with van der Waals surface area (Å²) in [7, 11) is 0. The predicted octanol–water partition coefficient (Wildman–Crippen LogP) is 2.17. The fourth-order valence-corrected chi connectivity index (χ4v) is 1.26. The highest BCUT2D eigenvalue weighted by atomic mass is 19.1. The van der Waals surface area contributed by atoms with Gasteiger partial charge in [-0.3, -0.25) is 0 Å². The van der Waals surface area contributed by atoms with E-state index in [9.17, 15) is 13.6 Å². The molecular formula is C11H8F2O3. The lowest BCUT2D eigenvalue weighted by molar-refractivity contribution is -0.148. The first-order valence-electron chi connectivity index (χ1n) is 4.57. The van der Waals surface area contributed by atoms with E-state index in [-0.39, 0.29) is 5.75 Å². The Kier molecular flexibility index (Phi) is 2.60. The Balaban J connectivity index is 2.16. The van der Waals surface area contributed by atoms with Gasteiger partial charge in [-0.1, -0.05) is 0 Å². The van der Waals surface area contributed by atoms with Gasteiger partial charge in [-0.25, -0.2) is 13.6 Å². The van der Waals surface area contributed by atoms with Crippen LogP contribution in [-0.2, 0) is 9.53 Å². The molecule has 1 aliphatic rings. The average Bonchev–Trinajstić information content (AvgIpc) is 2.52. The van der Waals surface area contributed by atoms with Crippen LogP contribution < -0.4 is 4.74 Å². The first kappa shape index (κ1) is 10.6. The summed E-state index contributed by atoms with van der Waals surface area (Å²) in [4.78, 5) is 11.0. The molecule has 0 N–H and O–H groups in total. The van der Waals surface area contributed by atoms with E-state index in [0.29, 0.717) is 5.57 Å².